The molecule has 0 aliphatic carbocycles. The van der Waals surface area contributed by atoms with Crippen LogP contribution in [0.3, 0.4) is 0 Å². The van der Waals surface area contributed by atoms with Gasteiger partial charge in [-0.05, 0) is 38.5 Å². The Morgan fingerprint density at radius 3 is 0.902 bits per heavy atom. The predicted octanol–water partition coefficient (Wildman–Crippen LogP) is 22.9. The number of carbonyl (C=O) groups is 2. The van der Waals surface area contributed by atoms with Gasteiger partial charge in [-0.3, -0.25) is 14.2 Å². The number of ether oxygens (including phenoxy) is 2. The number of nitrogens with zero attached hydrogens (tertiary/aromatic N) is 1. The van der Waals surface area contributed by atoms with Gasteiger partial charge < -0.3 is 27.9 Å². The summed E-state index contributed by atoms with van der Waals surface area (Å²) in [6, 6.07) is 0. The molecule has 0 radical (unpaired) electrons. The normalized spacial score (nSPS) is 13.1. The fourth-order valence-electron chi connectivity index (χ4n) is 11.2. The summed E-state index contributed by atoms with van der Waals surface area (Å²) < 4.78 is 34.3. The Kier molecular flexibility index (Phi) is 63.3. The van der Waals surface area contributed by atoms with Gasteiger partial charge in [-0.15, -0.1) is 0 Å². The van der Waals surface area contributed by atoms with Gasteiger partial charge in [0.25, 0.3) is 7.82 Å². The van der Waals surface area contributed by atoms with Crippen molar-refractivity contribution in [1.29, 1.82) is 0 Å². The van der Waals surface area contributed by atoms with Gasteiger partial charge >= 0.3 is 11.9 Å². The van der Waals surface area contributed by atoms with Crippen LogP contribution in [0, 0.1) is 0 Å². The zero-order valence-electron chi connectivity index (χ0n) is 55.7. The van der Waals surface area contributed by atoms with Crippen LogP contribution in [0.2, 0.25) is 0 Å². The lowest BCUT2D eigenvalue weighted by Gasteiger charge is -2.28. The Morgan fingerprint density at radius 1 is 0.366 bits per heavy atom. The van der Waals surface area contributed by atoms with Crippen LogP contribution in [0.1, 0.15) is 386 Å². The van der Waals surface area contributed by atoms with Crippen LogP contribution >= 0.6 is 7.82 Å². The molecule has 0 N–H and O–H groups in total. The topological polar surface area (TPSA) is 111 Å². The lowest BCUT2D eigenvalue weighted by molar-refractivity contribution is -0.870. The molecule has 0 aliphatic heterocycles. The molecule has 10 heteroatoms. The smallest absolute Gasteiger partial charge is 0.306 e. The number of phosphoric acid groups is 1. The minimum absolute atomic E-state index is 0.0278. The molecule has 0 heterocycles. The van der Waals surface area contributed by atoms with E-state index in [1.807, 2.05) is 21.1 Å². The van der Waals surface area contributed by atoms with E-state index in [0.29, 0.717) is 17.4 Å². The minimum Gasteiger partial charge on any atom is -0.756 e. The molecule has 0 aliphatic rings. The first-order valence-corrected chi connectivity index (χ1v) is 37.9. The summed E-state index contributed by atoms with van der Waals surface area (Å²) in [6.45, 7) is 4.31. The number of rotatable bonds is 69. The predicted molar refractivity (Wildman–Crippen MR) is 352 cm³/mol. The number of hydrogen-bond donors (Lipinski definition) is 0. The zero-order valence-corrected chi connectivity index (χ0v) is 56.6. The van der Waals surface area contributed by atoms with Crippen LogP contribution in [0.4, 0.5) is 0 Å². The van der Waals surface area contributed by atoms with Gasteiger partial charge in [-0.2, -0.15) is 0 Å². The number of esters is 2. The van der Waals surface area contributed by atoms with Crippen LogP contribution in [0.15, 0.2) is 12.2 Å². The standard InChI is InChI=1S/C72H142NO8P/c1-6-8-10-12-14-16-18-20-22-24-26-27-28-29-30-31-32-33-34-35-36-37-38-39-40-41-42-43-44-45-46-47-49-50-52-54-56-58-60-62-64-71(74)78-68-70(69-80-82(76,77)79-67-66-73(3,4)5)81-72(75)65-63-61-59-57-55-53-51-48-25-23-21-19-17-15-13-11-9-7-2/h23,25,70H,6-22,24,26-69H2,1-5H3/b25-23-. The second kappa shape index (κ2) is 64.2. The number of carbonyl (C=O) groups excluding carboxylic acids is 2. The average molecular weight is 1180 g/mol. The lowest BCUT2D eigenvalue weighted by atomic mass is 10.0. The van der Waals surface area contributed by atoms with Crippen molar-refractivity contribution >= 4 is 19.8 Å². The van der Waals surface area contributed by atoms with Crippen molar-refractivity contribution in [2.75, 3.05) is 47.5 Å². The molecule has 0 amide bonds. The highest BCUT2D eigenvalue weighted by Gasteiger charge is 2.22. The van der Waals surface area contributed by atoms with Crippen LogP contribution in [-0.2, 0) is 32.7 Å². The van der Waals surface area contributed by atoms with Crippen LogP contribution in [0.5, 0.6) is 0 Å². The fraction of sp³-hybridized carbons (Fsp3) is 0.944. The SMILES string of the molecule is CCCCCCCCC/C=C\CCCCCCCCCC(=O)OC(COC(=O)CCCCCCCCCCCCCCCCCCCCCCCCCCCCCCCCCCCCCCCCCC)COP(=O)([O-])OCC[N+](C)(C)C. The van der Waals surface area contributed by atoms with E-state index in [-0.39, 0.29) is 32.0 Å². The van der Waals surface area contributed by atoms with E-state index < -0.39 is 26.5 Å². The number of hydrogen-bond acceptors (Lipinski definition) is 8. The van der Waals surface area contributed by atoms with Crippen molar-refractivity contribution in [3.63, 3.8) is 0 Å². The maximum Gasteiger partial charge on any atom is 0.306 e. The van der Waals surface area contributed by atoms with Gasteiger partial charge in [0.15, 0.2) is 6.10 Å². The maximum absolute atomic E-state index is 12.8. The molecule has 0 saturated carbocycles. The highest BCUT2D eigenvalue weighted by atomic mass is 31.2. The number of phosphoric ester groups is 1. The summed E-state index contributed by atoms with van der Waals surface area (Å²) >= 11 is 0. The summed E-state index contributed by atoms with van der Waals surface area (Å²) in [4.78, 5) is 38.0. The highest BCUT2D eigenvalue weighted by molar-refractivity contribution is 7.45. The Labute approximate surface area is 511 Å². The molecule has 0 aromatic heterocycles. The molecule has 488 valence electrons. The maximum atomic E-state index is 12.8. The van der Waals surface area contributed by atoms with Crippen LogP contribution in [-0.4, -0.2) is 70.0 Å². The molecule has 9 nitrogen and oxygen atoms in total. The quantitative estimate of drug-likeness (QED) is 0.0195. The van der Waals surface area contributed by atoms with Gasteiger partial charge in [-0.25, -0.2) is 0 Å². The van der Waals surface area contributed by atoms with E-state index in [1.54, 1.807) is 0 Å². The largest absolute Gasteiger partial charge is 0.756 e. The van der Waals surface area contributed by atoms with Crippen molar-refractivity contribution in [2.24, 2.45) is 0 Å². The summed E-state index contributed by atoms with van der Waals surface area (Å²) in [5.74, 6) is -0.816. The molecule has 82 heavy (non-hydrogen) atoms. The van der Waals surface area contributed by atoms with Crippen LogP contribution < -0.4 is 4.89 Å². The Morgan fingerprint density at radius 2 is 0.622 bits per heavy atom. The van der Waals surface area contributed by atoms with Crippen molar-refractivity contribution < 1.29 is 42.1 Å². The third-order valence-electron chi connectivity index (χ3n) is 16.8. The molecule has 2 atom stereocenters. The molecule has 0 saturated heterocycles. The van der Waals surface area contributed by atoms with E-state index in [0.717, 1.165) is 44.9 Å². The summed E-state index contributed by atoms with van der Waals surface area (Å²) in [6.07, 6.45) is 79.0. The summed E-state index contributed by atoms with van der Waals surface area (Å²) in [5.41, 5.74) is 0. The number of allylic oxidation sites excluding steroid dienone is 2. The third kappa shape index (κ3) is 67.9. The van der Waals surface area contributed by atoms with E-state index in [4.69, 9.17) is 18.5 Å². The van der Waals surface area contributed by atoms with E-state index in [2.05, 4.69) is 26.0 Å². The zero-order chi connectivity index (χ0) is 59.8. The Balaban J connectivity index is 3.83. The Bertz CT molecular complexity index is 1390. The highest BCUT2D eigenvalue weighted by Crippen LogP contribution is 2.38. The molecular formula is C72H142NO8P. The second-order valence-corrected chi connectivity index (χ2v) is 27.7. The summed E-state index contributed by atoms with van der Waals surface area (Å²) in [5, 5.41) is 0. The van der Waals surface area contributed by atoms with Gasteiger partial charge in [0.05, 0.1) is 27.7 Å². The molecular weight excluding hydrogens is 1040 g/mol. The van der Waals surface area contributed by atoms with E-state index >= 15 is 0 Å². The third-order valence-corrected chi connectivity index (χ3v) is 17.7. The Hall–Kier alpha value is -1.25. The molecule has 0 rings (SSSR count). The van der Waals surface area contributed by atoms with Crippen LogP contribution in [0.25, 0.3) is 0 Å². The summed E-state index contributed by atoms with van der Waals surface area (Å²) in [7, 11) is 1.19. The first-order chi connectivity index (χ1) is 40.0. The number of unbranched alkanes of at least 4 members (excludes halogenated alkanes) is 53. The fourth-order valence-corrected chi connectivity index (χ4v) is 11.9. The first-order valence-electron chi connectivity index (χ1n) is 36.4. The van der Waals surface area contributed by atoms with Crippen molar-refractivity contribution in [1.82, 2.24) is 0 Å². The molecule has 0 spiro atoms. The lowest BCUT2D eigenvalue weighted by Crippen LogP contribution is -2.37. The monoisotopic (exact) mass is 1180 g/mol. The van der Waals surface area contributed by atoms with Gasteiger partial charge in [0.1, 0.15) is 19.8 Å². The van der Waals surface area contributed by atoms with Gasteiger partial charge in [0, 0.05) is 12.8 Å². The second-order valence-electron chi connectivity index (χ2n) is 26.3. The molecule has 2 unspecified atom stereocenters. The van der Waals surface area contributed by atoms with E-state index in [9.17, 15) is 19.0 Å². The molecule has 0 fully saturated rings. The molecule has 0 bridgehead atoms. The minimum atomic E-state index is -4.64. The number of quaternary nitrogens is 1. The van der Waals surface area contributed by atoms with Crippen molar-refractivity contribution in [3.05, 3.63) is 12.2 Å². The first kappa shape index (κ1) is 80.8. The van der Waals surface area contributed by atoms with Crippen molar-refractivity contribution in [2.45, 2.75) is 392 Å². The molecule has 0 aromatic carbocycles. The molecule has 0 aromatic rings. The van der Waals surface area contributed by atoms with Gasteiger partial charge in [0.2, 0.25) is 0 Å². The van der Waals surface area contributed by atoms with E-state index in [1.165, 1.54) is 308 Å². The number of likely N-dealkylation sites (N-methyl/N-ethyl adjacent to an activating group) is 1. The van der Waals surface area contributed by atoms with Gasteiger partial charge in [-0.1, -0.05) is 347 Å². The average Bonchev–Trinajstić information content (AvgIpc) is 3.46. The van der Waals surface area contributed by atoms with Crippen molar-refractivity contribution in [3.8, 4) is 0 Å².